The Balaban J connectivity index is 2.03. The van der Waals surface area contributed by atoms with E-state index in [2.05, 4.69) is 27.7 Å². The number of carbonyl (C=O) groups excluding carboxylic acids is 2. The molecule has 0 aliphatic carbocycles. The van der Waals surface area contributed by atoms with E-state index >= 15 is 0 Å². The number of ether oxygens (including phenoxy) is 4. The highest BCUT2D eigenvalue weighted by molar-refractivity contribution is 6.11. The molecule has 0 spiro atoms. The second-order valence-electron chi connectivity index (χ2n) is 11.7. The van der Waals surface area contributed by atoms with Crippen LogP contribution in [0.3, 0.4) is 0 Å². The average Bonchev–Trinajstić information content (AvgIpc) is 3.04. The highest BCUT2D eigenvalue weighted by Crippen LogP contribution is 2.44. The summed E-state index contributed by atoms with van der Waals surface area (Å²) in [4.78, 5) is 26.6. The smallest absolute Gasteiger partial charge is 0.347 e. The van der Waals surface area contributed by atoms with Gasteiger partial charge in [0, 0.05) is 21.5 Å². The first kappa shape index (κ1) is 35.2. The molecule has 242 valence electrons. The first-order valence-electron chi connectivity index (χ1n) is 17.2. The predicted octanol–water partition coefficient (Wildman–Crippen LogP) is 10.1. The summed E-state index contributed by atoms with van der Waals surface area (Å²) in [6.45, 7) is 9.30. The van der Waals surface area contributed by atoms with Crippen LogP contribution < -0.4 is 9.47 Å². The zero-order valence-electron chi connectivity index (χ0n) is 27.5. The lowest BCUT2D eigenvalue weighted by atomic mass is 9.99. The molecule has 6 nitrogen and oxygen atoms in total. The van der Waals surface area contributed by atoms with Gasteiger partial charge in [-0.15, -0.1) is 0 Å². The molecule has 0 saturated heterocycles. The third-order valence-corrected chi connectivity index (χ3v) is 8.00. The molecule has 44 heavy (non-hydrogen) atoms. The quantitative estimate of drug-likeness (QED) is 0.0644. The van der Waals surface area contributed by atoms with Gasteiger partial charge in [0.1, 0.15) is 11.5 Å². The first-order chi connectivity index (χ1) is 21.5. The highest BCUT2D eigenvalue weighted by Gasteiger charge is 2.28. The minimum atomic E-state index is -0.706. The molecule has 0 aliphatic rings. The molecule has 3 aromatic carbocycles. The van der Waals surface area contributed by atoms with Gasteiger partial charge in [-0.05, 0) is 38.5 Å². The predicted molar refractivity (Wildman–Crippen MR) is 180 cm³/mol. The third kappa shape index (κ3) is 10.4. The van der Waals surface area contributed by atoms with Crippen molar-refractivity contribution < 1.29 is 28.5 Å². The maximum Gasteiger partial charge on any atom is 0.347 e. The number of hydrogen-bond donors (Lipinski definition) is 0. The van der Waals surface area contributed by atoms with Gasteiger partial charge in [0.15, 0.2) is 12.2 Å². The van der Waals surface area contributed by atoms with Crippen LogP contribution in [0.25, 0.3) is 21.5 Å². The Hall–Kier alpha value is -3.28. The molecule has 3 aromatic rings. The Kier molecular flexibility index (Phi) is 15.9. The van der Waals surface area contributed by atoms with Gasteiger partial charge in [0.2, 0.25) is 0 Å². The molecular formula is C38H54O6. The first-order valence-corrected chi connectivity index (χ1v) is 17.2. The minimum absolute atomic E-state index is 0.314. The standard InChI is InChI=1S/C38H54O6/c1-5-9-13-15-25-33(37(39)41-27-11-7-3)43-35-29-21-17-19-23-31(29)36(32-24-20-18-22-30(32)35)44-34(26-16-14-10-6-2)38(40)42-28-12-8-4/h17-24,33-34H,5-16,25-28H2,1-4H3. The summed E-state index contributed by atoms with van der Waals surface area (Å²) in [7, 11) is 0. The highest BCUT2D eigenvalue weighted by atomic mass is 16.6. The lowest BCUT2D eigenvalue weighted by Crippen LogP contribution is -2.30. The number of fused-ring (bicyclic) bond motifs is 2. The van der Waals surface area contributed by atoms with Crippen LogP contribution >= 0.6 is 0 Å². The van der Waals surface area contributed by atoms with Gasteiger partial charge in [-0.1, -0.05) is 128 Å². The summed E-state index contributed by atoms with van der Waals surface area (Å²) in [6, 6.07) is 15.8. The normalized spacial score (nSPS) is 12.6. The molecule has 0 aromatic heterocycles. The van der Waals surface area contributed by atoms with E-state index in [1.807, 2.05) is 48.5 Å². The minimum Gasteiger partial charge on any atom is -0.477 e. The van der Waals surface area contributed by atoms with E-state index in [4.69, 9.17) is 18.9 Å². The molecule has 6 heteroatoms. The summed E-state index contributed by atoms with van der Waals surface area (Å²) in [5.41, 5.74) is 0. The van der Waals surface area contributed by atoms with Crippen molar-refractivity contribution >= 4 is 33.5 Å². The van der Waals surface area contributed by atoms with Gasteiger partial charge in [-0.25, -0.2) is 9.59 Å². The van der Waals surface area contributed by atoms with Crippen LogP contribution in [0.2, 0.25) is 0 Å². The van der Waals surface area contributed by atoms with Crippen LogP contribution in [0.4, 0.5) is 0 Å². The second kappa shape index (κ2) is 19.9. The van der Waals surface area contributed by atoms with Crippen molar-refractivity contribution in [2.75, 3.05) is 13.2 Å². The Morgan fingerprint density at radius 3 is 1.16 bits per heavy atom. The number of unbranched alkanes of at least 4 members (excludes halogenated alkanes) is 8. The fraction of sp³-hybridized carbons (Fsp3) is 0.579. The third-order valence-electron chi connectivity index (χ3n) is 8.00. The van der Waals surface area contributed by atoms with Crippen LogP contribution in [0.15, 0.2) is 48.5 Å². The summed E-state index contributed by atoms with van der Waals surface area (Å²) >= 11 is 0. The number of esters is 2. The van der Waals surface area contributed by atoms with E-state index in [0.717, 1.165) is 98.6 Å². The van der Waals surface area contributed by atoms with Crippen molar-refractivity contribution in [3.8, 4) is 11.5 Å². The van der Waals surface area contributed by atoms with Crippen molar-refractivity contribution in [3.05, 3.63) is 48.5 Å². The van der Waals surface area contributed by atoms with Crippen molar-refractivity contribution in [3.63, 3.8) is 0 Å². The van der Waals surface area contributed by atoms with Gasteiger partial charge in [-0.3, -0.25) is 0 Å². The van der Waals surface area contributed by atoms with Crippen molar-refractivity contribution in [1.82, 2.24) is 0 Å². The molecule has 2 unspecified atom stereocenters. The lowest BCUT2D eigenvalue weighted by Gasteiger charge is -2.24. The molecule has 0 radical (unpaired) electrons. The van der Waals surface area contributed by atoms with E-state index < -0.39 is 12.2 Å². The second-order valence-corrected chi connectivity index (χ2v) is 11.7. The molecule has 3 rings (SSSR count). The lowest BCUT2D eigenvalue weighted by molar-refractivity contribution is -0.153. The number of rotatable bonds is 22. The number of benzene rings is 3. The Morgan fingerprint density at radius 1 is 0.500 bits per heavy atom. The molecule has 0 aliphatic heterocycles. The monoisotopic (exact) mass is 606 g/mol. The van der Waals surface area contributed by atoms with Crippen molar-refractivity contribution in [2.45, 2.75) is 130 Å². The maximum atomic E-state index is 13.3. The molecule has 0 bridgehead atoms. The molecule has 0 saturated carbocycles. The van der Waals surface area contributed by atoms with E-state index in [-0.39, 0.29) is 11.9 Å². The summed E-state index contributed by atoms with van der Waals surface area (Å²) < 4.78 is 24.6. The van der Waals surface area contributed by atoms with Gasteiger partial charge >= 0.3 is 11.9 Å². The number of hydrogen-bond acceptors (Lipinski definition) is 6. The fourth-order valence-electron chi connectivity index (χ4n) is 5.37. The zero-order valence-corrected chi connectivity index (χ0v) is 27.5. The molecule has 0 N–H and O–H groups in total. The maximum absolute atomic E-state index is 13.3. The van der Waals surface area contributed by atoms with Crippen molar-refractivity contribution in [2.24, 2.45) is 0 Å². The molecule has 0 amide bonds. The SMILES string of the molecule is CCCCCCC(Oc1c2ccccc2c(OC(CCCCCC)C(=O)OCCCC)c2ccccc12)C(=O)OCCCC. The van der Waals surface area contributed by atoms with Crippen molar-refractivity contribution in [1.29, 1.82) is 0 Å². The molecule has 0 heterocycles. The van der Waals surface area contributed by atoms with Crippen LogP contribution in [-0.2, 0) is 19.1 Å². The largest absolute Gasteiger partial charge is 0.477 e. The van der Waals surface area contributed by atoms with Crippen LogP contribution in [0, 0.1) is 0 Å². The Labute approximate surface area is 264 Å². The van der Waals surface area contributed by atoms with Gasteiger partial charge in [0.05, 0.1) is 13.2 Å². The Bertz CT molecular complexity index is 1130. The topological polar surface area (TPSA) is 71.1 Å². The Morgan fingerprint density at radius 2 is 0.841 bits per heavy atom. The van der Waals surface area contributed by atoms with Crippen LogP contribution in [0.5, 0.6) is 11.5 Å². The van der Waals surface area contributed by atoms with E-state index in [0.29, 0.717) is 37.6 Å². The summed E-state index contributed by atoms with van der Waals surface area (Å²) in [5, 5.41) is 3.35. The van der Waals surface area contributed by atoms with Crippen LogP contribution in [-0.4, -0.2) is 37.4 Å². The van der Waals surface area contributed by atoms with E-state index in [1.165, 1.54) is 0 Å². The molecular weight excluding hydrogens is 552 g/mol. The van der Waals surface area contributed by atoms with Gasteiger partial charge in [-0.2, -0.15) is 0 Å². The summed E-state index contributed by atoms with van der Waals surface area (Å²) in [5.74, 6) is 0.652. The average molecular weight is 607 g/mol. The van der Waals surface area contributed by atoms with E-state index in [9.17, 15) is 9.59 Å². The van der Waals surface area contributed by atoms with Gasteiger partial charge < -0.3 is 18.9 Å². The zero-order chi connectivity index (χ0) is 31.6. The number of carbonyl (C=O) groups is 2. The molecule has 2 atom stereocenters. The summed E-state index contributed by atoms with van der Waals surface area (Å²) in [6.07, 6.45) is 11.7. The van der Waals surface area contributed by atoms with E-state index in [1.54, 1.807) is 0 Å². The molecule has 0 fully saturated rings. The van der Waals surface area contributed by atoms with Gasteiger partial charge in [0.25, 0.3) is 0 Å². The van der Waals surface area contributed by atoms with Crippen LogP contribution in [0.1, 0.15) is 118 Å². The fourth-order valence-corrected chi connectivity index (χ4v) is 5.37.